The fraction of sp³-hybridized carbons (Fsp3) is 0.0323. The second-order valence-corrected chi connectivity index (χ2v) is 8.62. The molecule has 0 spiro atoms. The van der Waals surface area contributed by atoms with Crippen molar-refractivity contribution in [3.05, 3.63) is 115 Å². The Bertz CT molecular complexity index is 1880. The minimum absolute atomic E-state index is 0.335. The van der Waals surface area contributed by atoms with Crippen LogP contribution < -0.4 is 0 Å². The molecule has 0 amide bonds. The average molecular weight is 437 g/mol. The topological polar surface area (TPSA) is 38.4 Å². The largest absolute Gasteiger partial charge is 0.456 e. The van der Waals surface area contributed by atoms with Crippen LogP contribution in [0.25, 0.3) is 54.3 Å². The van der Waals surface area contributed by atoms with Crippen molar-refractivity contribution in [2.75, 3.05) is 0 Å². The Morgan fingerprint density at radius 3 is 1.94 bits per heavy atom. The molecule has 2 aromatic heterocycles. The van der Waals surface area contributed by atoms with Crippen molar-refractivity contribution < 1.29 is 4.42 Å². The van der Waals surface area contributed by atoms with E-state index < -0.39 is 0 Å². The van der Waals surface area contributed by atoms with E-state index in [9.17, 15) is 0 Å². The molecule has 160 valence electrons. The summed E-state index contributed by atoms with van der Waals surface area (Å²) in [7, 11) is 0. The first-order valence-corrected chi connectivity index (χ1v) is 11.4. The second kappa shape index (κ2) is 7.26. The van der Waals surface area contributed by atoms with Crippen LogP contribution in [0, 0.1) is 0 Å². The number of aliphatic imine (C=N–C) groups is 1. The van der Waals surface area contributed by atoms with Crippen molar-refractivity contribution >= 4 is 61.0 Å². The maximum absolute atomic E-state index is 6.41. The SMILES string of the molecule is C=NC(c1ccccn1)c1c2c(cc3c4ccccc4c4ccccc4c13)oc1ccccc12. The van der Waals surface area contributed by atoms with Crippen LogP contribution in [0.5, 0.6) is 0 Å². The van der Waals surface area contributed by atoms with E-state index >= 15 is 0 Å². The molecule has 7 aromatic rings. The van der Waals surface area contributed by atoms with E-state index in [-0.39, 0.29) is 6.04 Å². The van der Waals surface area contributed by atoms with Gasteiger partial charge in [-0.15, -0.1) is 0 Å². The lowest BCUT2D eigenvalue weighted by atomic mass is 9.86. The number of fused-ring (bicyclic) bond motifs is 9. The van der Waals surface area contributed by atoms with Gasteiger partial charge < -0.3 is 4.42 Å². The van der Waals surface area contributed by atoms with Gasteiger partial charge in [-0.1, -0.05) is 72.8 Å². The van der Waals surface area contributed by atoms with E-state index in [4.69, 9.17) is 4.42 Å². The highest BCUT2D eigenvalue weighted by atomic mass is 16.3. The van der Waals surface area contributed by atoms with Crippen molar-refractivity contribution in [2.45, 2.75) is 6.04 Å². The van der Waals surface area contributed by atoms with Crippen molar-refractivity contribution in [2.24, 2.45) is 4.99 Å². The molecule has 3 nitrogen and oxygen atoms in total. The van der Waals surface area contributed by atoms with Gasteiger partial charge in [0.2, 0.25) is 0 Å². The zero-order chi connectivity index (χ0) is 22.6. The fourth-order valence-electron chi connectivity index (χ4n) is 5.45. The summed E-state index contributed by atoms with van der Waals surface area (Å²) in [4.78, 5) is 9.33. The first kappa shape index (κ1) is 19.0. The number of pyridine rings is 1. The molecule has 0 saturated carbocycles. The minimum atomic E-state index is -0.335. The number of nitrogens with zero attached hydrogens (tertiary/aromatic N) is 2. The summed E-state index contributed by atoms with van der Waals surface area (Å²) in [6.45, 7) is 4.01. The van der Waals surface area contributed by atoms with Gasteiger partial charge in [0, 0.05) is 22.5 Å². The van der Waals surface area contributed by atoms with Crippen LogP contribution in [-0.2, 0) is 0 Å². The highest BCUT2D eigenvalue weighted by Crippen LogP contribution is 2.46. The van der Waals surface area contributed by atoms with Gasteiger partial charge in [-0.3, -0.25) is 9.98 Å². The molecule has 7 rings (SSSR count). The number of hydrogen-bond acceptors (Lipinski definition) is 3. The van der Waals surface area contributed by atoms with Crippen molar-refractivity contribution in [1.82, 2.24) is 4.98 Å². The van der Waals surface area contributed by atoms with Gasteiger partial charge in [0.15, 0.2) is 0 Å². The third-order valence-electron chi connectivity index (χ3n) is 6.83. The lowest BCUT2D eigenvalue weighted by molar-refractivity contribution is 0.669. The van der Waals surface area contributed by atoms with Gasteiger partial charge in [-0.05, 0) is 63.3 Å². The maximum Gasteiger partial charge on any atom is 0.136 e. The molecule has 0 radical (unpaired) electrons. The van der Waals surface area contributed by atoms with Gasteiger partial charge in [0.05, 0.1) is 5.69 Å². The number of aromatic nitrogens is 1. The van der Waals surface area contributed by atoms with Crippen LogP contribution in [0.4, 0.5) is 0 Å². The Morgan fingerprint density at radius 2 is 1.24 bits per heavy atom. The second-order valence-electron chi connectivity index (χ2n) is 8.62. The molecule has 2 heterocycles. The molecule has 34 heavy (non-hydrogen) atoms. The predicted molar refractivity (Wildman–Crippen MR) is 142 cm³/mol. The monoisotopic (exact) mass is 436 g/mol. The summed E-state index contributed by atoms with van der Waals surface area (Å²) >= 11 is 0. The molecule has 0 aliphatic rings. The normalized spacial score (nSPS) is 12.7. The molecule has 3 heteroatoms. The minimum Gasteiger partial charge on any atom is -0.456 e. The maximum atomic E-state index is 6.41. The highest BCUT2D eigenvalue weighted by Gasteiger charge is 2.25. The molecule has 0 N–H and O–H groups in total. The average Bonchev–Trinajstić information content (AvgIpc) is 3.28. The number of benzene rings is 5. The molecular formula is C31H20N2O. The van der Waals surface area contributed by atoms with Crippen LogP contribution >= 0.6 is 0 Å². The first-order valence-electron chi connectivity index (χ1n) is 11.4. The lowest BCUT2D eigenvalue weighted by Crippen LogP contribution is -2.03. The van der Waals surface area contributed by atoms with Crippen LogP contribution in [-0.4, -0.2) is 11.7 Å². The van der Waals surface area contributed by atoms with Crippen molar-refractivity contribution in [3.8, 4) is 0 Å². The Hall–Kier alpha value is -4.50. The Balaban J connectivity index is 1.82. The van der Waals surface area contributed by atoms with Gasteiger partial charge in [0.1, 0.15) is 17.2 Å². The van der Waals surface area contributed by atoms with Crippen LogP contribution in [0.15, 0.2) is 113 Å². The Morgan fingerprint density at radius 1 is 0.618 bits per heavy atom. The van der Waals surface area contributed by atoms with E-state index in [0.717, 1.165) is 38.6 Å². The Labute approximate surface area is 196 Å². The van der Waals surface area contributed by atoms with E-state index in [1.807, 2.05) is 36.5 Å². The third-order valence-corrected chi connectivity index (χ3v) is 6.83. The fourth-order valence-corrected chi connectivity index (χ4v) is 5.45. The molecule has 5 aromatic carbocycles. The summed E-state index contributed by atoms with van der Waals surface area (Å²) < 4.78 is 6.41. The van der Waals surface area contributed by atoms with Crippen molar-refractivity contribution in [1.29, 1.82) is 0 Å². The first-order chi connectivity index (χ1) is 16.8. The summed E-state index contributed by atoms with van der Waals surface area (Å²) in [6, 6.07) is 33.2. The number of rotatable bonds is 3. The molecule has 0 aliphatic carbocycles. The molecule has 1 atom stereocenters. The molecular weight excluding hydrogens is 416 g/mol. The zero-order valence-corrected chi connectivity index (χ0v) is 18.4. The standard InChI is InChI=1S/C31H20N2O/c1-32-31(25-15-8-9-17-33-25)30-28-22-13-5-4-11-20(22)19-10-2-3-12-21(19)24(28)18-27-29(30)23-14-6-7-16-26(23)34-27/h2-18,31H,1H2. The van der Waals surface area contributed by atoms with Crippen molar-refractivity contribution in [3.63, 3.8) is 0 Å². The van der Waals surface area contributed by atoms with Crippen LogP contribution in [0.3, 0.4) is 0 Å². The molecule has 0 aliphatic heterocycles. The summed E-state index contributed by atoms with van der Waals surface area (Å²) in [5, 5.41) is 9.34. The molecule has 0 fully saturated rings. The smallest absolute Gasteiger partial charge is 0.136 e. The van der Waals surface area contributed by atoms with Gasteiger partial charge in [-0.2, -0.15) is 0 Å². The number of furan rings is 1. The summed E-state index contributed by atoms with van der Waals surface area (Å²) in [5.41, 5.74) is 3.68. The Kier molecular flexibility index (Phi) is 4.06. The van der Waals surface area contributed by atoms with Crippen LogP contribution in [0.1, 0.15) is 17.3 Å². The predicted octanol–water partition coefficient (Wildman–Crippen LogP) is 8.23. The molecule has 0 saturated heterocycles. The van der Waals surface area contributed by atoms with E-state index in [0.29, 0.717) is 0 Å². The number of hydrogen-bond donors (Lipinski definition) is 0. The molecule has 0 bridgehead atoms. The van der Waals surface area contributed by atoms with E-state index in [2.05, 4.69) is 83.4 Å². The van der Waals surface area contributed by atoms with Crippen LogP contribution in [0.2, 0.25) is 0 Å². The van der Waals surface area contributed by atoms with Gasteiger partial charge in [0.25, 0.3) is 0 Å². The van der Waals surface area contributed by atoms with Gasteiger partial charge in [-0.25, -0.2) is 0 Å². The summed E-state index contributed by atoms with van der Waals surface area (Å²) in [6.07, 6.45) is 1.82. The number of para-hydroxylation sites is 1. The van der Waals surface area contributed by atoms with Gasteiger partial charge >= 0.3 is 0 Å². The highest BCUT2D eigenvalue weighted by molar-refractivity contribution is 6.30. The molecule has 1 unspecified atom stereocenters. The third kappa shape index (κ3) is 2.58. The van der Waals surface area contributed by atoms with E-state index in [1.165, 1.54) is 26.9 Å². The lowest BCUT2D eigenvalue weighted by Gasteiger charge is -2.19. The summed E-state index contributed by atoms with van der Waals surface area (Å²) in [5.74, 6) is 0. The zero-order valence-electron chi connectivity index (χ0n) is 18.4. The van der Waals surface area contributed by atoms with E-state index in [1.54, 1.807) is 0 Å². The quantitative estimate of drug-likeness (QED) is 0.207.